The maximum Gasteiger partial charge on any atom is 0.290 e. The summed E-state index contributed by atoms with van der Waals surface area (Å²) < 4.78 is 29.1. The molecule has 1 aliphatic rings. The summed E-state index contributed by atoms with van der Waals surface area (Å²) >= 11 is 0. The SMILES string of the molecule is Cl.OCC(F)(F)[C@H](c1c(O)ccc2ccccc12)N1CCNCC1. The number of alkyl halides is 2. The summed E-state index contributed by atoms with van der Waals surface area (Å²) in [5.41, 5.74) is 0.184. The zero-order chi connectivity index (χ0) is 16.4. The van der Waals surface area contributed by atoms with E-state index in [0.29, 0.717) is 31.6 Å². The predicted octanol–water partition coefficient (Wildman–Crippen LogP) is 2.54. The predicted molar refractivity (Wildman–Crippen MR) is 92.1 cm³/mol. The molecule has 1 aliphatic heterocycles. The summed E-state index contributed by atoms with van der Waals surface area (Å²) in [6, 6.07) is 8.93. The molecule has 0 unspecified atom stereocenters. The summed E-state index contributed by atoms with van der Waals surface area (Å²) in [5, 5.41) is 24.1. The van der Waals surface area contributed by atoms with Crippen molar-refractivity contribution in [3.63, 3.8) is 0 Å². The minimum Gasteiger partial charge on any atom is -0.508 e. The van der Waals surface area contributed by atoms with Crippen LogP contribution in [0.3, 0.4) is 0 Å². The number of nitrogens with one attached hydrogen (secondary N) is 1. The minimum atomic E-state index is -3.35. The number of aromatic hydroxyl groups is 1. The smallest absolute Gasteiger partial charge is 0.290 e. The molecule has 2 aromatic carbocycles. The van der Waals surface area contributed by atoms with E-state index in [1.807, 2.05) is 12.1 Å². The topological polar surface area (TPSA) is 55.7 Å². The van der Waals surface area contributed by atoms with Gasteiger partial charge in [-0.3, -0.25) is 4.90 Å². The van der Waals surface area contributed by atoms with E-state index in [2.05, 4.69) is 5.32 Å². The minimum absolute atomic E-state index is 0. The molecular weight excluding hydrogens is 338 g/mol. The fourth-order valence-corrected chi connectivity index (χ4v) is 3.26. The highest BCUT2D eigenvalue weighted by Gasteiger charge is 2.45. The molecule has 3 rings (SSSR count). The number of nitrogens with zero attached hydrogens (tertiary/aromatic N) is 1. The van der Waals surface area contributed by atoms with Crippen molar-refractivity contribution in [2.24, 2.45) is 0 Å². The number of phenols is 1. The van der Waals surface area contributed by atoms with Crippen LogP contribution in [0.15, 0.2) is 36.4 Å². The molecule has 0 aromatic heterocycles. The highest BCUT2D eigenvalue weighted by molar-refractivity contribution is 5.88. The second-order valence-electron chi connectivity index (χ2n) is 5.83. The fraction of sp³-hybridized carbons (Fsp3) is 0.412. The molecule has 3 N–H and O–H groups in total. The van der Waals surface area contributed by atoms with Gasteiger partial charge in [0.15, 0.2) is 0 Å². The molecule has 2 aromatic rings. The van der Waals surface area contributed by atoms with Gasteiger partial charge in [0.2, 0.25) is 0 Å². The van der Waals surface area contributed by atoms with Crippen LogP contribution in [0.2, 0.25) is 0 Å². The summed E-state index contributed by atoms with van der Waals surface area (Å²) in [6.45, 7) is 0.809. The number of benzene rings is 2. The lowest BCUT2D eigenvalue weighted by Gasteiger charge is -2.39. The van der Waals surface area contributed by atoms with Crippen molar-refractivity contribution in [1.82, 2.24) is 10.2 Å². The molecule has 1 saturated heterocycles. The third-order valence-corrected chi connectivity index (χ3v) is 4.35. The molecule has 7 heteroatoms. The number of piperazine rings is 1. The van der Waals surface area contributed by atoms with Gasteiger partial charge in [-0.15, -0.1) is 12.4 Å². The number of halogens is 3. The molecule has 1 heterocycles. The average Bonchev–Trinajstić information content (AvgIpc) is 2.58. The molecule has 132 valence electrons. The molecule has 1 fully saturated rings. The molecule has 1 atom stereocenters. The molecule has 0 aliphatic carbocycles. The van der Waals surface area contributed by atoms with Gasteiger partial charge in [0, 0.05) is 31.7 Å². The first-order valence-electron chi connectivity index (χ1n) is 7.68. The number of fused-ring (bicyclic) bond motifs is 1. The maximum absolute atomic E-state index is 14.6. The van der Waals surface area contributed by atoms with Crippen molar-refractivity contribution >= 4 is 23.2 Å². The normalized spacial score (nSPS) is 17.5. The highest BCUT2D eigenvalue weighted by atomic mass is 35.5. The van der Waals surface area contributed by atoms with Crippen molar-refractivity contribution in [1.29, 1.82) is 0 Å². The first kappa shape index (κ1) is 18.9. The fourth-order valence-electron chi connectivity index (χ4n) is 3.26. The van der Waals surface area contributed by atoms with Gasteiger partial charge in [-0.2, -0.15) is 0 Å². The van der Waals surface area contributed by atoms with Gasteiger partial charge < -0.3 is 15.5 Å². The lowest BCUT2D eigenvalue weighted by Crippen LogP contribution is -2.51. The number of aliphatic hydroxyl groups is 1. The Morgan fingerprint density at radius 3 is 2.46 bits per heavy atom. The number of aliphatic hydroxyl groups excluding tert-OH is 1. The van der Waals surface area contributed by atoms with E-state index < -0.39 is 18.6 Å². The second kappa shape index (κ2) is 7.61. The van der Waals surface area contributed by atoms with E-state index in [0.717, 1.165) is 5.39 Å². The summed E-state index contributed by atoms with van der Waals surface area (Å²) in [4.78, 5) is 1.63. The van der Waals surface area contributed by atoms with Crippen molar-refractivity contribution < 1.29 is 19.0 Å². The third-order valence-electron chi connectivity index (χ3n) is 4.35. The number of hydrogen-bond donors (Lipinski definition) is 3. The van der Waals surface area contributed by atoms with Gasteiger partial charge in [0.1, 0.15) is 18.4 Å². The van der Waals surface area contributed by atoms with Crippen molar-refractivity contribution in [3.05, 3.63) is 42.0 Å². The van der Waals surface area contributed by atoms with E-state index in [1.54, 1.807) is 23.1 Å². The summed E-state index contributed by atoms with van der Waals surface area (Å²) in [6.07, 6.45) is 0. The van der Waals surface area contributed by atoms with Gasteiger partial charge >= 0.3 is 0 Å². The Morgan fingerprint density at radius 1 is 1.12 bits per heavy atom. The van der Waals surface area contributed by atoms with Gasteiger partial charge in [0.25, 0.3) is 5.92 Å². The van der Waals surface area contributed by atoms with Crippen LogP contribution in [0.1, 0.15) is 11.6 Å². The monoisotopic (exact) mass is 358 g/mol. The van der Waals surface area contributed by atoms with Crippen LogP contribution >= 0.6 is 12.4 Å². The van der Waals surface area contributed by atoms with E-state index in [9.17, 15) is 19.0 Å². The zero-order valence-electron chi connectivity index (χ0n) is 13.1. The molecule has 0 amide bonds. The second-order valence-corrected chi connectivity index (χ2v) is 5.83. The van der Waals surface area contributed by atoms with E-state index in [-0.39, 0.29) is 23.7 Å². The van der Waals surface area contributed by atoms with E-state index >= 15 is 0 Å². The van der Waals surface area contributed by atoms with Crippen LogP contribution in [0, 0.1) is 0 Å². The molecule has 4 nitrogen and oxygen atoms in total. The van der Waals surface area contributed by atoms with Crippen LogP contribution in [0.5, 0.6) is 5.75 Å². The lowest BCUT2D eigenvalue weighted by atomic mass is 9.92. The van der Waals surface area contributed by atoms with Crippen molar-refractivity contribution in [3.8, 4) is 5.75 Å². The molecule has 0 bridgehead atoms. The molecule has 0 saturated carbocycles. The number of rotatable bonds is 4. The van der Waals surface area contributed by atoms with Crippen molar-refractivity contribution in [2.75, 3.05) is 32.8 Å². The maximum atomic E-state index is 14.6. The molecule has 0 radical (unpaired) electrons. The molecular formula is C17H21ClF2N2O2. The average molecular weight is 359 g/mol. The Hall–Kier alpha value is -1.47. The van der Waals surface area contributed by atoms with Gasteiger partial charge in [-0.1, -0.05) is 30.3 Å². The first-order valence-corrected chi connectivity index (χ1v) is 7.68. The van der Waals surface area contributed by atoms with Crippen molar-refractivity contribution in [2.45, 2.75) is 12.0 Å². The molecule has 24 heavy (non-hydrogen) atoms. The van der Waals surface area contributed by atoms with Gasteiger partial charge in [-0.05, 0) is 16.8 Å². The molecule has 0 spiro atoms. The number of phenolic OH excluding ortho intramolecular Hbond substituents is 1. The Kier molecular flexibility index (Phi) is 5.98. The Bertz CT molecular complexity index is 693. The number of hydrogen-bond acceptors (Lipinski definition) is 4. The van der Waals surface area contributed by atoms with Crippen LogP contribution < -0.4 is 5.32 Å². The Labute approximate surface area is 145 Å². The zero-order valence-corrected chi connectivity index (χ0v) is 13.9. The summed E-state index contributed by atoms with van der Waals surface area (Å²) in [5.74, 6) is -3.51. The third kappa shape index (κ3) is 3.47. The summed E-state index contributed by atoms with van der Waals surface area (Å²) in [7, 11) is 0. The van der Waals surface area contributed by atoms with Gasteiger partial charge in [-0.25, -0.2) is 8.78 Å². The Balaban J connectivity index is 0.00000208. The van der Waals surface area contributed by atoms with Crippen LogP contribution in [-0.4, -0.2) is 53.8 Å². The Morgan fingerprint density at radius 2 is 1.79 bits per heavy atom. The van der Waals surface area contributed by atoms with Crippen LogP contribution in [-0.2, 0) is 0 Å². The standard InChI is InChI=1S/C17H20F2N2O2.ClH/c18-17(19,11-22)16(21-9-7-20-8-10-21)15-13-4-2-1-3-12(13)5-6-14(15)23;/h1-6,16,20,22-23H,7-11H2;1H/t16-;/m0./s1. The largest absolute Gasteiger partial charge is 0.508 e. The quantitative estimate of drug-likeness (QED) is 0.786. The highest BCUT2D eigenvalue weighted by Crippen LogP contribution is 2.43. The van der Waals surface area contributed by atoms with Gasteiger partial charge in [0.05, 0.1) is 0 Å². The van der Waals surface area contributed by atoms with E-state index in [4.69, 9.17) is 0 Å². The first-order chi connectivity index (χ1) is 11.0. The lowest BCUT2D eigenvalue weighted by molar-refractivity contribution is -0.118. The van der Waals surface area contributed by atoms with Crippen LogP contribution in [0.4, 0.5) is 8.78 Å². The van der Waals surface area contributed by atoms with Crippen LogP contribution in [0.25, 0.3) is 10.8 Å². The van der Waals surface area contributed by atoms with E-state index in [1.165, 1.54) is 6.07 Å².